The zero-order valence-electron chi connectivity index (χ0n) is 10.2. The zero-order valence-corrected chi connectivity index (χ0v) is 11.0. The van der Waals surface area contributed by atoms with Crippen LogP contribution in [0.4, 0.5) is 0 Å². The van der Waals surface area contributed by atoms with Crippen LogP contribution in [0.15, 0.2) is 41.6 Å². The first kappa shape index (κ1) is 11.2. The molecule has 0 fully saturated rings. The van der Waals surface area contributed by atoms with Crippen LogP contribution in [0.1, 0.15) is 5.56 Å². The lowest BCUT2D eigenvalue weighted by Gasteiger charge is -2.05. The van der Waals surface area contributed by atoms with E-state index in [1.165, 1.54) is 11.1 Å². The minimum atomic E-state index is 0.927. The highest BCUT2D eigenvalue weighted by atomic mass is 32.1. The van der Waals surface area contributed by atoms with Gasteiger partial charge in [0.15, 0.2) is 0 Å². The van der Waals surface area contributed by atoms with E-state index in [1.807, 2.05) is 30.3 Å². The molecule has 0 saturated heterocycles. The number of aryl methyl sites for hydroxylation is 3. The molecule has 0 aliphatic rings. The summed E-state index contributed by atoms with van der Waals surface area (Å²) >= 11 is 1.70. The first-order valence-corrected chi connectivity index (χ1v) is 6.78. The summed E-state index contributed by atoms with van der Waals surface area (Å²) in [5, 5.41) is 8.39. The van der Waals surface area contributed by atoms with Crippen LogP contribution in [0.2, 0.25) is 0 Å². The summed E-state index contributed by atoms with van der Waals surface area (Å²) in [6.45, 7) is 0.927. The molecule has 0 aliphatic heterocycles. The van der Waals surface area contributed by atoms with E-state index in [2.05, 4.69) is 37.7 Å². The zero-order chi connectivity index (χ0) is 12.4. The summed E-state index contributed by atoms with van der Waals surface area (Å²) in [6, 6.07) is 2.10. The minimum Gasteiger partial charge on any atom is -0.331 e. The number of hydrogen-bond donors (Lipinski definition) is 0. The Morgan fingerprint density at radius 1 is 1.39 bits per heavy atom. The third-order valence-corrected chi connectivity index (χ3v) is 3.58. The maximum absolute atomic E-state index is 4.42. The van der Waals surface area contributed by atoms with Gasteiger partial charge in [-0.05, 0) is 23.4 Å². The fourth-order valence-electron chi connectivity index (χ4n) is 1.99. The van der Waals surface area contributed by atoms with Gasteiger partial charge in [0.2, 0.25) is 0 Å². The highest BCUT2D eigenvalue weighted by Crippen LogP contribution is 2.20. The van der Waals surface area contributed by atoms with E-state index in [-0.39, 0.29) is 0 Å². The monoisotopic (exact) mass is 258 g/mol. The Morgan fingerprint density at radius 3 is 3.06 bits per heavy atom. The van der Waals surface area contributed by atoms with E-state index in [9.17, 15) is 0 Å². The Kier molecular flexibility index (Phi) is 2.98. The van der Waals surface area contributed by atoms with Crippen molar-refractivity contribution in [2.75, 3.05) is 0 Å². The van der Waals surface area contributed by atoms with Gasteiger partial charge >= 0.3 is 0 Å². The molecule has 0 unspecified atom stereocenters. The summed E-state index contributed by atoms with van der Waals surface area (Å²) in [5.74, 6) is 1.04. The Bertz CT molecular complexity index is 621. The molecular weight excluding hydrogens is 244 g/mol. The fourth-order valence-corrected chi connectivity index (χ4v) is 2.63. The first-order valence-electron chi connectivity index (χ1n) is 5.84. The Labute approximate surface area is 110 Å². The van der Waals surface area contributed by atoms with Crippen LogP contribution < -0.4 is 0 Å². The SMILES string of the molecule is Cn1cc(CCn2ccnc2-c2ccsc2)cn1. The minimum absolute atomic E-state index is 0.927. The van der Waals surface area contributed by atoms with E-state index in [4.69, 9.17) is 0 Å². The topological polar surface area (TPSA) is 35.6 Å². The molecule has 3 heterocycles. The quantitative estimate of drug-likeness (QED) is 0.721. The maximum atomic E-state index is 4.42. The molecule has 0 radical (unpaired) electrons. The lowest BCUT2D eigenvalue weighted by molar-refractivity contribution is 0.702. The molecule has 0 atom stereocenters. The third kappa shape index (κ3) is 2.22. The molecule has 3 aromatic rings. The highest BCUT2D eigenvalue weighted by molar-refractivity contribution is 7.08. The summed E-state index contributed by atoms with van der Waals surface area (Å²) in [5.41, 5.74) is 2.44. The summed E-state index contributed by atoms with van der Waals surface area (Å²) in [4.78, 5) is 4.42. The first-order chi connectivity index (χ1) is 8.83. The lowest BCUT2D eigenvalue weighted by atomic mass is 10.2. The second-order valence-corrected chi connectivity index (χ2v) is 5.01. The molecule has 18 heavy (non-hydrogen) atoms. The van der Waals surface area contributed by atoms with Crippen LogP contribution in [-0.2, 0) is 20.0 Å². The highest BCUT2D eigenvalue weighted by Gasteiger charge is 2.06. The van der Waals surface area contributed by atoms with Crippen LogP contribution >= 0.6 is 11.3 Å². The molecule has 0 amide bonds. The van der Waals surface area contributed by atoms with Crippen molar-refractivity contribution in [3.05, 3.63) is 47.2 Å². The van der Waals surface area contributed by atoms with Gasteiger partial charge in [0.25, 0.3) is 0 Å². The number of nitrogens with zero attached hydrogens (tertiary/aromatic N) is 4. The predicted octanol–water partition coefficient (Wildman–Crippen LogP) is 2.59. The van der Waals surface area contributed by atoms with Gasteiger partial charge in [0, 0.05) is 43.1 Å². The molecule has 3 rings (SSSR count). The van der Waals surface area contributed by atoms with Gasteiger partial charge < -0.3 is 4.57 Å². The molecule has 0 aliphatic carbocycles. The molecule has 0 N–H and O–H groups in total. The molecule has 92 valence electrons. The second-order valence-electron chi connectivity index (χ2n) is 4.23. The normalized spacial score (nSPS) is 10.9. The van der Waals surface area contributed by atoms with Crippen molar-refractivity contribution in [3.63, 3.8) is 0 Å². The maximum Gasteiger partial charge on any atom is 0.140 e. The Morgan fingerprint density at radius 2 is 2.33 bits per heavy atom. The van der Waals surface area contributed by atoms with Crippen molar-refractivity contribution >= 4 is 11.3 Å². The summed E-state index contributed by atoms with van der Waals surface area (Å²) < 4.78 is 4.03. The number of hydrogen-bond acceptors (Lipinski definition) is 3. The predicted molar refractivity (Wildman–Crippen MR) is 72.5 cm³/mol. The van der Waals surface area contributed by atoms with Gasteiger partial charge in [-0.15, -0.1) is 0 Å². The van der Waals surface area contributed by atoms with Crippen LogP contribution in [-0.4, -0.2) is 19.3 Å². The third-order valence-electron chi connectivity index (χ3n) is 2.89. The van der Waals surface area contributed by atoms with Gasteiger partial charge in [-0.3, -0.25) is 4.68 Å². The van der Waals surface area contributed by atoms with Crippen LogP contribution in [0, 0.1) is 0 Å². The molecule has 5 heteroatoms. The fraction of sp³-hybridized carbons (Fsp3) is 0.231. The largest absolute Gasteiger partial charge is 0.331 e. The van der Waals surface area contributed by atoms with Crippen molar-refractivity contribution in [1.29, 1.82) is 0 Å². The molecule has 0 saturated carbocycles. The van der Waals surface area contributed by atoms with Crippen molar-refractivity contribution in [1.82, 2.24) is 19.3 Å². The van der Waals surface area contributed by atoms with Gasteiger partial charge in [0.1, 0.15) is 5.82 Å². The Hall–Kier alpha value is -1.88. The van der Waals surface area contributed by atoms with Gasteiger partial charge in [-0.1, -0.05) is 0 Å². The average molecular weight is 258 g/mol. The average Bonchev–Trinajstić information content (AvgIpc) is 3.07. The second kappa shape index (κ2) is 4.78. The van der Waals surface area contributed by atoms with Crippen molar-refractivity contribution in [2.24, 2.45) is 7.05 Å². The molecular formula is C13H14N4S. The molecule has 3 aromatic heterocycles. The van der Waals surface area contributed by atoms with Crippen LogP contribution in [0.3, 0.4) is 0 Å². The van der Waals surface area contributed by atoms with Crippen molar-refractivity contribution in [3.8, 4) is 11.4 Å². The number of aromatic nitrogens is 4. The van der Waals surface area contributed by atoms with Crippen molar-refractivity contribution < 1.29 is 0 Å². The molecule has 4 nitrogen and oxygen atoms in total. The molecule has 0 bridgehead atoms. The molecule has 0 spiro atoms. The van der Waals surface area contributed by atoms with Gasteiger partial charge in [-0.25, -0.2) is 4.98 Å². The van der Waals surface area contributed by atoms with Crippen molar-refractivity contribution in [2.45, 2.75) is 13.0 Å². The molecule has 0 aromatic carbocycles. The van der Waals surface area contributed by atoms with E-state index >= 15 is 0 Å². The summed E-state index contributed by atoms with van der Waals surface area (Å²) in [6.07, 6.45) is 8.84. The number of imidazole rings is 1. The van der Waals surface area contributed by atoms with E-state index in [1.54, 1.807) is 11.3 Å². The van der Waals surface area contributed by atoms with Crippen LogP contribution in [0.5, 0.6) is 0 Å². The van der Waals surface area contributed by atoms with E-state index in [0.29, 0.717) is 0 Å². The number of rotatable bonds is 4. The smallest absolute Gasteiger partial charge is 0.140 e. The van der Waals surface area contributed by atoms with E-state index in [0.717, 1.165) is 18.8 Å². The summed E-state index contributed by atoms with van der Waals surface area (Å²) in [7, 11) is 1.94. The Balaban J connectivity index is 1.76. The lowest BCUT2D eigenvalue weighted by Crippen LogP contribution is -2.01. The van der Waals surface area contributed by atoms with Crippen LogP contribution in [0.25, 0.3) is 11.4 Å². The van der Waals surface area contributed by atoms with Gasteiger partial charge in [-0.2, -0.15) is 16.4 Å². The number of thiophene rings is 1. The standard InChI is InChI=1S/C13H14N4S/c1-16-9-11(8-15-16)2-5-17-6-4-14-13(17)12-3-7-18-10-12/h3-4,6-10H,2,5H2,1H3. The van der Waals surface area contributed by atoms with E-state index < -0.39 is 0 Å². The van der Waals surface area contributed by atoms with Gasteiger partial charge in [0.05, 0.1) is 6.20 Å².